The Hall–Kier alpha value is -1.05. The van der Waals surface area contributed by atoms with Gasteiger partial charge < -0.3 is 9.84 Å². The number of halogens is 1. The van der Waals surface area contributed by atoms with Crippen LogP contribution in [0, 0.1) is 22.2 Å². The van der Waals surface area contributed by atoms with E-state index in [2.05, 4.69) is 35.8 Å². The number of benzene rings is 1. The van der Waals surface area contributed by atoms with Gasteiger partial charge in [-0.3, -0.25) is 0 Å². The van der Waals surface area contributed by atoms with Crippen molar-refractivity contribution in [1.29, 1.82) is 5.26 Å². The molecule has 1 aliphatic rings. The molecule has 1 N–H and O–H groups in total. The Kier molecular flexibility index (Phi) is 4.65. The summed E-state index contributed by atoms with van der Waals surface area (Å²) < 4.78 is 6.23. The lowest BCUT2D eigenvalue weighted by Gasteiger charge is -2.42. The highest BCUT2D eigenvalue weighted by atomic mass is 79.9. The molecule has 3 nitrogen and oxygen atoms in total. The molecule has 2 rings (SSSR count). The van der Waals surface area contributed by atoms with E-state index in [9.17, 15) is 10.4 Å². The number of hydrogen-bond donors (Lipinski definition) is 1. The first-order valence-electron chi connectivity index (χ1n) is 7.26. The van der Waals surface area contributed by atoms with Crippen molar-refractivity contribution >= 4 is 15.9 Å². The van der Waals surface area contributed by atoms with Crippen LogP contribution in [0.15, 0.2) is 22.7 Å². The zero-order valence-corrected chi connectivity index (χ0v) is 14.4. The Morgan fingerprint density at radius 3 is 2.43 bits per heavy atom. The molecule has 0 saturated heterocycles. The molecule has 1 aromatic rings. The molecule has 0 heterocycles. The van der Waals surface area contributed by atoms with Crippen molar-refractivity contribution in [3.63, 3.8) is 0 Å². The van der Waals surface area contributed by atoms with Crippen molar-refractivity contribution in [2.24, 2.45) is 10.8 Å². The third kappa shape index (κ3) is 3.25. The van der Waals surface area contributed by atoms with Gasteiger partial charge in [-0.1, -0.05) is 29.8 Å². The number of methoxy groups -OCH3 is 1. The number of aliphatic hydroxyl groups excluding tert-OH is 1. The molecule has 0 spiro atoms. The van der Waals surface area contributed by atoms with Crippen molar-refractivity contribution in [3.8, 4) is 11.8 Å². The van der Waals surface area contributed by atoms with Crippen LogP contribution < -0.4 is 4.74 Å². The average Bonchev–Trinajstić information content (AvgIpc) is 2.47. The zero-order chi connectivity index (χ0) is 15.7. The van der Waals surface area contributed by atoms with Gasteiger partial charge in [-0.15, -0.1) is 0 Å². The Balaban J connectivity index is 2.36. The van der Waals surface area contributed by atoms with E-state index in [1.54, 1.807) is 7.11 Å². The first-order chi connectivity index (χ1) is 9.83. The van der Waals surface area contributed by atoms with E-state index in [1.807, 2.05) is 18.2 Å². The summed E-state index contributed by atoms with van der Waals surface area (Å²) in [6.07, 6.45) is 2.51. The van der Waals surface area contributed by atoms with Crippen LogP contribution in [0.2, 0.25) is 0 Å². The molecule has 114 valence electrons. The van der Waals surface area contributed by atoms with E-state index >= 15 is 0 Å². The SMILES string of the molecule is COc1ccc(Br)cc1C(O)C1(C#N)CCC(C)(C)CC1. The number of aliphatic hydroxyl groups is 1. The van der Waals surface area contributed by atoms with Crippen molar-refractivity contribution in [2.45, 2.75) is 45.6 Å². The number of ether oxygens (including phenoxy) is 1. The molecule has 1 unspecified atom stereocenters. The molecule has 21 heavy (non-hydrogen) atoms. The lowest BCUT2D eigenvalue weighted by atomic mass is 9.62. The average molecular weight is 352 g/mol. The third-order valence-corrected chi connectivity index (χ3v) is 5.22. The fourth-order valence-corrected chi connectivity index (χ4v) is 3.41. The van der Waals surface area contributed by atoms with Gasteiger partial charge in [-0.25, -0.2) is 0 Å². The zero-order valence-electron chi connectivity index (χ0n) is 12.8. The van der Waals surface area contributed by atoms with E-state index in [1.165, 1.54) is 0 Å². The van der Waals surface area contributed by atoms with Gasteiger partial charge in [-0.05, 0) is 49.3 Å². The maximum Gasteiger partial charge on any atom is 0.124 e. The number of hydrogen-bond acceptors (Lipinski definition) is 3. The molecule has 1 fully saturated rings. The Bertz CT molecular complexity index is 552. The van der Waals surface area contributed by atoms with E-state index in [4.69, 9.17) is 4.74 Å². The van der Waals surface area contributed by atoms with Gasteiger partial charge in [-0.2, -0.15) is 5.26 Å². The minimum absolute atomic E-state index is 0.251. The molecule has 0 aliphatic heterocycles. The summed E-state index contributed by atoms with van der Waals surface area (Å²) in [7, 11) is 1.59. The molecule has 0 amide bonds. The fraction of sp³-hybridized carbons (Fsp3) is 0.588. The number of nitrogens with zero attached hydrogens (tertiary/aromatic N) is 1. The second kappa shape index (κ2) is 5.98. The molecule has 1 aromatic carbocycles. The predicted octanol–water partition coefficient (Wildman–Crippen LogP) is 4.60. The van der Waals surface area contributed by atoms with Crippen LogP contribution in [0.5, 0.6) is 5.75 Å². The van der Waals surface area contributed by atoms with Crippen LogP contribution in [0.25, 0.3) is 0 Å². The summed E-state index contributed by atoms with van der Waals surface area (Å²) in [6, 6.07) is 7.95. The molecular weight excluding hydrogens is 330 g/mol. The highest BCUT2D eigenvalue weighted by Crippen LogP contribution is 2.52. The van der Waals surface area contributed by atoms with Crippen molar-refractivity contribution < 1.29 is 9.84 Å². The monoisotopic (exact) mass is 351 g/mol. The highest BCUT2D eigenvalue weighted by Gasteiger charge is 2.45. The van der Waals surface area contributed by atoms with Gasteiger partial charge in [0, 0.05) is 10.0 Å². The maximum atomic E-state index is 10.9. The van der Waals surface area contributed by atoms with Crippen LogP contribution in [0.1, 0.15) is 51.2 Å². The minimum atomic E-state index is -0.828. The first-order valence-corrected chi connectivity index (χ1v) is 8.06. The van der Waals surface area contributed by atoms with E-state index in [0.717, 1.165) is 17.3 Å². The number of rotatable bonds is 3. The quantitative estimate of drug-likeness (QED) is 0.865. The topological polar surface area (TPSA) is 53.2 Å². The Morgan fingerprint density at radius 1 is 1.29 bits per heavy atom. The second-order valence-corrected chi connectivity index (χ2v) is 7.64. The summed E-state index contributed by atoms with van der Waals surface area (Å²) in [5, 5.41) is 20.6. The predicted molar refractivity (Wildman–Crippen MR) is 85.9 cm³/mol. The molecule has 0 bridgehead atoms. The molecule has 0 radical (unpaired) electrons. The fourth-order valence-electron chi connectivity index (χ4n) is 3.04. The summed E-state index contributed by atoms with van der Waals surface area (Å²) in [5.74, 6) is 0.630. The van der Waals surface area contributed by atoms with Crippen LogP contribution in [0.4, 0.5) is 0 Å². The third-order valence-electron chi connectivity index (χ3n) is 4.73. The summed E-state index contributed by atoms with van der Waals surface area (Å²) in [4.78, 5) is 0. The number of nitriles is 1. The van der Waals surface area contributed by atoms with Gasteiger partial charge in [0.2, 0.25) is 0 Å². The van der Waals surface area contributed by atoms with Crippen LogP contribution in [-0.4, -0.2) is 12.2 Å². The van der Waals surface area contributed by atoms with Gasteiger partial charge in [0.1, 0.15) is 11.9 Å². The lowest BCUT2D eigenvalue weighted by molar-refractivity contribution is 0.00823. The van der Waals surface area contributed by atoms with Gasteiger partial charge in [0.05, 0.1) is 18.6 Å². The molecule has 1 atom stereocenters. The van der Waals surface area contributed by atoms with E-state index in [0.29, 0.717) is 24.2 Å². The Labute approximate surface area is 135 Å². The summed E-state index contributed by atoms with van der Waals surface area (Å²) in [6.45, 7) is 4.45. The molecular formula is C17H22BrNO2. The van der Waals surface area contributed by atoms with E-state index < -0.39 is 11.5 Å². The second-order valence-electron chi connectivity index (χ2n) is 6.72. The summed E-state index contributed by atoms with van der Waals surface area (Å²) in [5.41, 5.74) is 0.221. The summed E-state index contributed by atoms with van der Waals surface area (Å²) >= 11 is 3.43. The van der Waals surface area contributed by atoms with E-state index in [-0.39, 0.29) is 5.41 Å². The molecule has 0 aromatic heterocycles. The molecule has 1 saturated carbocycles. The highest BCUT2D eigenvalue weighted by molar-refractivity contribution is 9.10. The van der Waals surface area contributed by atoms with Gasteiger partial charge >= 0.3 is 0 Å². The van der Waals surface area contributed by atoms with Crippen LogP contribution in [0.3, 0.4) is 0 Å². The van der Waals surface area contributed by atoms with Gasteiger partial charge in [0.25, 0.3) is 0 Å². The minimum Gasteiger partial charge on any atom is -0.496 e. The van der Waals surface area contributed by atoms with Crippen LogP contribution in [-0.2, 0) is 0 Å². The van der Waals surface area contributed by atoms with Crippen molar-refractivity contribution in [1.82, 2.24) is 0 Å². The van der Waals surface area contributed by atoms with Crippen molar-refractivity contribution in [2.75, 3.05) is 7.11 Å². The normalized spacial score (nSPS) is 21.3. The molecule has 1 aliphatic carbocycles. The smallest absolute Gasteiger partial charge is 0.124 e. The largest absolute Gasteiger partial charge is 0.496 e. The standard InChI is InChI=1S/C17H22BrNO2/c1-16(2)6-8-17(11-19,9-7-16)15(20)13-10-12(18)4-5-14(13)21-3/h4-5,10,15,20H,6-9H2,1-3H3. The maximum absolute atomic E-state index is 10.9. The van der Waals surface area contributed by atoms with Crippen molar-refractivity contribution in [3.05, 3.63) is 28.2 Å². The molecule has 4 heteroatoms. The first kappa shape index (κ1) is 16.3. The van der Waals surface area contributed by atoms with Crippen LogP contribution >= 0.6 is 15.9 Å². The Morgan fingerprint density at radius 2 is 1.90 bits per heavy atom. The van der Waals surface area contributed by atoms with Gasteiger partial charge in [0.15, 0.2) is 0 Å². The lowest BCUT2D eigenvalue weighted by Crippen LogP contribution is -2.35.